The van der Waals surface area contributed by atoms with Gasteiger partial charge in [0.05, 0.1) is 12.3 Å². The molecule has 0 radical (unpaired) electrons. The fraction of sp³-hybridized carbons (Fsp3) is 0.750. The van der Waals surface area contributed by atoms with Gasteiger partial charge in [-0.15, -0.1) is 0 Å². The van der Waals surface area contributed by atoms with E-state index in [4.69, 9.17) is 4.74 Å². The van der Waals surface area contributed by atoms with Gasteiger partial charge in [0, 0.05) is 12.8 Å². The summed E-state index contributed by atoms with van der Waals surface area (Å²) in [5, 5.41) is 3.03. The van der Waals surface area contributed by atoms with Gasteiger partial charge >= 0.3 is 0 Å². The second-order valence-corrected chi connectivity index (χ2v) is 3.61. The van der Waals surface area contributed by atoms with Gasteiger partial charge in [-0.05, 0) is 19.8 Å². The van der Waals surface area contributed by atoms with Gasteiger partial charge in [-0.1, -0.05) is 11.9 Å². The van der Waals surface area contributed by atoms with Crippen molar-refractivity contribution in [2.24, 2.45) is 0 Å². The van der Waals surface area contributed by atoms with Crippen molar-refractivity contribution in [2.75, 3.05) is 19.4 Å². The molecular weight excluding hydrogens is 172 g/mol. The first-order chi connectivity index (χ1) is 5.84. The van der Waals surface area contributed by atoms with Crippen molar-refractivity contribution in [1.29, 1.82) is 0 Å². The summed E-state index contributed by atoms with van der Waals surface area (Å²) in [4.78, 5) is 0. The van der Waals surface area contributed by atoms with E-state index in [1.807, 2.05) is 14.0 Å². The number of allylic oxidation sites excluding steroid dienone is 1. The van der Waals surface area contributed by atoms with E-state index in [-0.39, 0.29) is 0 Å². The van der Waals surface area contributed by atoms with Crippen LogP contribution in [0, 0.1) is 0 Å². The molecule has 1 rings (SSSR count). The monoisotopic (exact) mass is 188 g/mol. The van der Waals surface area contributed by atoms with Crippen molar-refractivity contribution >= 4 is 11.9 Å². The minimum atomic E-state index is 0.815. The molecule has 0 saturated heterocycles. The van der Waals surface area contributed by atoms with Crippen molar-refractivity contribution in [2.45, 2.75) is 19.8 Å². The van der Waals surface area contributed by atoms with Crippen LogP contribution in [0.25, 0.3) is 0 Å². The molecule has 0 aromatic carbocycles. The Morgan fingerprint density at radius 1 is 1.50 bits per heavy atom. The minimum absolute atomic E-state index is 0.815. The van der Waals surface area contributed by atoms with E-state index < -0.39 is 0 Å². The number of rotatable bonds is 1. The fourth-order valence-corrected chi connectivity index (χ4v) is 1.78. The van der Waals surface area contributed by atoms with Crippen LogP contribution in [-0.2, 0) is 4.74 Å². The Kier molecular flexibility index (Phi) is 4.14. The fourth-order valence-electron chi connectivity index (χ4n) is 1.02. The Morgan fingerprint density at radius 3 is 3.08 bits per heavy atom. The average Bonchev–Trinajstić information content (AvgIpc) is 2.17. The average molecular weight is 188 g/mol. The third kappa shape index (κ3) is 2.85. The molecule has 0 bridgehead atoms. The molecule has 3 nitrogen and oxygen atoms in total. The van der Waals surface area contributed by atoms with Gasteiger partial charge in [-0.3, -0.25) is 0 Å². The Labute approximate surface area is 78.1 Å². The van der Waals surface area contributed by atoms with Gasteiger partial charge in [0.15, 0.2) is 0 Å². The molecule has 0 aromatic rings. The molecule has 1 aliphatic heterocycles. The maximum Gasteiger partial charge on any atom is 0.206 e. The van der Waals surface area contributed by atoms with Crippen LogP contribution in [0.2, 0.25) is 0 Å². The van der Waals surface area contributed by atoms with Crippen molar-refractivity contribution in [1.82, 2.24) is 10.0 Å². The Balaban J connectivity index is 2.53. The van der Waals surface area contributed by atoms with E-state index in [0.29, 0.717) is 0 Å². The Morgan fingerprint density at radius 2 is 2.33 bits per heavy atom. The van der Waals surface area contributed by atoms with E-state index in [1.54, 1.807) is 11.9 Å². The first-order valence-electron chi connectivity index (χ1n) is 4.24. The SMILES string of the molecule is CN/C1=C(\C)NSCCCCO1. The van der Waals surface area contributed by atoms with Crippen molar-refractivity contribution < 1.29 is 4.74 Å². The highest BCUT2D eigenvalue weighted by atomic mass is 32.2. The Bertz CT molecular complexity index is 170. The smallest absolute Gasteiger partial charge is 0.206 e. The van der Waals surface area contributed by atoms with Crippen molar-refractivity contribution in [3.63, 3.8) is 0 Å². The molecule has 0 unspecified atom stereocenters. The molecule has 1 aliphatic rings. The molecule has 0 spiro atoms. The molecule has 4 heteroatoms. The lowest BCUT2D eigenvalue weighted by Gasteiger charge is -2.11. The topological polar surface area (TPSA) is 33.3 Å². The molecule has 12 heavy (non-hydrogen) atoms. The maximum absolute atomic E-state index is 5.52. The quantitative estimate of drug-likeness (QED) is 0.610. The molecule has 0 fully saturated rings. The third-order valence-electron chi connectivity index (χ3n) is 1.68. The minimum Gasteiger partial charge on any atom is -0.478 e. The van der Waals surface area contributed by atoms with Crippen LogP contribution in [0.3, 0.4) is 0 Å². The van der Waals surface area contributed by atoms with Crippen molar-refractivity contribution in [3.05, 3.63) is 11.6 Å². The summed E-state index contributed by atoms with van der Waals surface area (Å²) in [6.07, 6.45) is 2.34. The van der Waals surface area contributed by atoms with E-state index in [2.05, 4.69) is 10.0 Å². The molecule has 2 N–H and O–H groups in total. The van der Waals surface area contributed by atoms with Gasteiger partial charge < -0.3 is 14.8 Å². The molecule has 0 atom stereocenters. The zero-order valence-electron chi connectivity index (χ0n) is 7.64. The predicted molar refractivity (Wildman–Crippen MR) is 52.5 cm³/mol. The largest absolute Gasteiger partial charge is 0.478 e. The molecule has 70 valence electrons. The van der Waals surface area contributed by atoms with E-state index in [1.165, 1.54) is 6.42 Å². The van der Waals surface area contributed by atoms with E-state index >= 15 is 0 Å². The first kappa shape index (κ1) is 9.58. The summed E-state index contributed by atoms with van der Waals surface area (Å²) in [5.41, 5.74) is 1.07. The zero-order valence-corrected chi connectivity index (χ0v) is 8.46. The second kappa shape index (κ2) is 5.19. The third-order valence-corrected chi connectivity index (χ3v) is 2.62. The van der Waals surface area contributed by atoms with Crippen LogP contribution in [0.1, 0.15) is 19.8 Å². The van der Waals surface area contributed by atoms with Crippen LogP contribution in [0.15, 0.2) is 11.6 Å². The highest BCUT2D eigenvalue weighted by Crippen LogP contribution is 2.10. The normalized spacial score (nSPS) is 25.8. The van der Waals surface area contributed by atoms with E-state index in [9.17, 15) is 0 Å². The summed E-state index contributed by atoms with van der Waals surface area (Å²) in [5.74, 6) is 2.02. The summed E-state index contributed by atoms with van der Waals surface area (Å²) < 4.78 is 8.75. The summed E-state index contributed by atoms with van der Waals surface area (Å²) in [6.45, 7) is 2.83. The lowest BCUT2D eigenvalue weighted by Crippen LogP contribution is -2.16. The standard InChI is InChI=1S/C8H16N2OS/c1-7-8(9-2)11-5-3-4-6-12-10-7/h9-10H,3-6H2,1-2H3/b8-7-. The van der Waals surface area contributed by atoms with Crippen LogP contribution >= 0.6 is 11.9 Å². The predicted octanol–water partition coefficient (Wildman–Crippen LogP) is 1.44. The number of hydrogen-bond donors (Lipinski definition) is 2. The molecule has 0 aliphatic carbocycles. The van der Waals surface area contributed by atoms with Crippen molar-refractivity contribution in [3.8, 4) is 0 Å². The highest BCUT2D eigenvalue weighted by molar-refractivity contribution is 7.97. The first-order valence-corrected chi connectivity index (χ1v) is 5.22. The summed E-state index contributed by atoms with van der Waals surface area (Å²) >= 11 is 1.74. The van der Waals surface area contributed by atoms with Crippen LogP contribution in [0.5, 0.6) is 0 Å². The molecule has 0 aromatic heterocycles. The molecular formula is C8H16N2OS. The van der Waals surface area contributed by atoms with Gasteiger partial charge in [0.1, 0.15) is 0 Å². The second-order valence-electron chi connectivity index (χ2n) is 2.71. The van der Waals surface area contributed by atoms with E-state index in [0.717, 1.165) is 30.4 Å². The molecule has 0 saturated carbocycles. The van der Waals surface area contributed by atoms with Gasteiger partial charge in [-0.25, -0.2) is 0 Å². The lowest BCUT2D eigenvalue weighted by atomic mass is 10.4. The number of hydrogen-bond acceptors (Lipinski definition) is 4. The van der Waals surface area contributed by atoms with Crippen LogP contribution in [0.4, 0.5) is 0 Å². The summed E-state index contributed by atoms with van der Waals surface area (Å²) in [7, 11) is 1.88. The van der Waals surface area contributed by atoms with Gasteiger partial charge in [-0.2, -0.15) is 0 Å². The lowest BCUT2D eigenvalue weighted by molar-refractivity contribution is 0.187. The number of nitrogens with one attached hydrogen (secondary N) is 2. The zero-order chi connectivity index (χ0) is 8.81. The summed E-state index contributed by atoms with van der Waals surface area (Å²) in [6, 6.07) is 0. The van der Waals surface area contributed by atoms with Crippen LogP contribution < -0.4 is 10.0 Å². The Hall–Kier alpha value is -0.510. The number of ether oxygens (including phenoxy) is 1. The molecule has 0 amide bonds. The van der Waals surface area contributed by atoms with Gasteiger partial charge in [0.25, 0.3) is 0 Å². The maximum atomic E-state index is 5.52. The van der Waals surface area contributed by atoms with Gasteiger partial charge in [0.2, 0.25) is 5.88 Å². The molecule has 1 heterocycles. The van der Waals surface area contributed by atoms with Crippen LogP contribution in [-0.4, -0.2) is 19.4 Å². The highest BCUT2D eigenvalue weighted by Gasteiger charge is 2.04.